The van der Waals surface area contributed by atoms with E-state index in [0.29, 0.717) is 11.5 Å². The second-order valence-corrected chi connectivity index (χ2v) is 8.27. The fourth-order valence-corrected chi connectivity index (χ4v) is 5.37. The van der Waals surface area contributed by atoms with Gasteiger partial charge in [-0.05, 0) is 75.3 Å². The van der Waals surface area contributed by atoms with Crippen LogP contribution in [0.25, 0.3) is 0 Å². The van der Waals surface area contributed by atoms with Crippen LogP contribution in [0.5, 0.6) is 5.75 Å². The van der Waals surface area contributed by atoms with Crippen LogP contribution < -0.4 is 10.1 Å². The second kappa shape index (κ2) is 9.48. The Labute approximate surface area is 171 Å². The highest BCUT2D eigenvalue weighted by molar-refractivity contribution is 5.59. The Balaban J connectivity index is 0.000000755. The van der Waals surface area contributed by atoms with Crippen molar-refractivity contribution < 1.29 is 28.9 Å². The van der Waals surface area contributed by atoms with Crippen molar-refractivity contribution in [3.8, 4) is 5.75 Å². The second-order valence-electron chi connectivity index (χ2n) is 8.27. The van der Waals surface area contributed by atoms with Gasteiger partial charge in [0.05, 0.1) is 6.10 Å². The Morgan fingerprint density at radius 1 is 1.34 bits per heavy atom. The molecular formula is C22H31NO6. The minimum absolute atomic E-state index is 0.120. The van der Waals surface area contributed by atoms with Crippen molar-refractivity contribution in [3.63, 3.8) is 0 Å². The number of fused-ring (bicyclic) bond motifs is 1. The summed E-state index contributed by atoms with van der Waals surface area (Å²) in [5.74, 6) is 1.52. The molecule has 0 unspecified atom stereocenters. The molecular weight excluding hydrogens is 374 g/mol. The van der Waals surface area contributed by atoms with E-state index in [2.05, 4.69) is 17.4 Å². The van der Waals surface area contributed by atoms with Crippen LogP contribution in [0.2, 0.25) is 0 Å². The van der Waals surface area contributed by atoms with Gasteiger partial charge in [-0.1, -0.05) is 18.9 Å². The van der Waals surface area contributed by atoms with Crippen LogP contribution in [0.3, 0.4) is 0 Å². The zero-order valence-electron chi connectivity index (χ0n) is 17.2. The summed E-state index contributed by atoms with van der Waals surface area (Å²) in [6.45, 7) is 4.32. The van der Waals surface area contributed by atoms with Crippen LogP contribution in [0.4, 0.5) is 4.79 Å². The summed E-state index contributed by atoms with van der Waals surface area (Å²) in [7, 11) is 0. The summed E-state index contributed by atoms with van der Waals surface area (Å²) in [6.07, 6.45) is 6.71. The van der Waals surface area contributed by atoms with E-state index in [1.54, 1.807) is 13.8 Å². The molecule has 1 saturated carbocycles. The van der Waals surface area contributed by atoms with Crippen molar-refractivity contribution in [2.45, 2.75) is 69.9 Å². The number of ether oxygens (including phenoxy) is 3. The average molecular weight is 405 g/mol. The van der Waals surface area contributed by atoms with Crippen LogP contribution in [-0.4, -0.2) is 43.2 Å². The summed E-state index contributed by atoms with van der Waals surface area (Å²) in [5.41, 5.74) is 3.23. The van der Waals surface area contributed by atoms with Crippen molar-refractivity contribution in [2.24, 2.45) is 5.92 Å². The number of nitrogens with one attached hydrogen (secondary N) is 1. The van der Waals surface area contributed by atoms with E-state index >= 15 is 0 Å². The molecule has 3 aliphatic rings. The Kier molecular flexibility index (Phi) is 7.00. The van der Waals surface area contributed by atoms with Gasteiger partial charge < -0.3 is 24.6 Å². The van der Waals surface area contributed by atoms with Gasteiger partial charge in [0, 0.05) is 11.5 Å². The molecule has 2 fully saturated rings. The molecule has 1 aromatic carbocycles. The average Bonchev–Trinajstić information content (AvgIpc) is 2.68. The Morgan fingerprint density at radius 3 is 2.90 bits per heavy atom. The lowest BCUT2D eigenvalue weighted by atomic mass is 9.53. The van der Waals surface area contributed by atoms with Gasteiger partial charge in [-0.25, -0.2) is 4.79 Å². The number of hydrogen-bond donors (Lipinski definition) is 2. The van der Waals surface area contributed by atoms with Gasteiger partial charge in [0.15, 0.2) is 0 Å². The molecule has 2 aliphatic carbocycles. The molecule has 0 amide bonds. The van der Waals surface area contributed by atoms with E-state index in [4.69, 9.17) is 24.1 Å². The molecule has 1 heterocycles. The number of carbonyl (C=O) groups is 2. The van der Waals surface area contributed by atoms with Crippen molar-refractivity contribution in [1.82, 2.24) is 5.32 Å². The quantitative estimate of drug-likeness (QED) is 0.449. The number of piperidine rings is 1. The monoisotopic (exact) mass is 405 g/mol. The predicted octanol–water partition coefficient (Wildman–Crippen LogP) is 3.63. The third-order valence-corrected chi connectivity index (χ3v) is 6.35. The largest absolute Gasteiger partial charge is 0.511 e. The topological polar surface area (TPSA) is 94.1 Å². The summed E-state index contributed by atoms with van der Waals surface area (Å²) < 4.78 is 15.6. The molecule has 29 heavy (non-hydrogen) atoms. The van der Waals surface area contributed by atoms with E-state index in [1.807, 2.05) is 6.07 Å². The molecule has 2 bridgehead atoms. The molecule has 7 heteroatoms. The fraction of sp³-hybridized carbons (Fsp3) is 0.636. The van der Waals surface area contributed by atoms with E-state index in [9.17, 15) is 4.79 Å². The van der Waals surface area contributed by atoms with Gasteiger partial charge in [0.2, 0.25) is 6.79 Å². The normalized spacial score (nSPS) is 26.9. The standard InChI is InChI=1S/C21H29NO4.CH2O2/c1-14(2)26-20(23)25-13-24-16-7-6-15-11-19-17-5-3-4-8-21(17,9-10-22-19)18(15)12-16;2-1-3/h6-7,12,14,17,19,22H,3-5,8-11,13H2,1-2H3;1H,(H,2,3)/t17-,19+,21-;/m1./s1. The smallest absolute Gasteiger partial charge is 0.483 e. The Morgan fingerprint density at radius 2 is 2.14 bits per heavy atom. The number of carboxylic acid groups (broad SMARTS) is 1. The van der Waals surface area contributed by atoms with Crippen LogP contribution >= 0.6 is 0 Å². The minimum Gasteiger partial charge on any atom is -0.483 e. The SMILES string of the molecule is CC(C)OC(=O)OCOc1ccc2c(c1)[C@@]13CCCC[C@@H]1[C@H](C2)NCC3.O=CO. The molecule has 2 N–H and O–H groups in total. The molecule has 1 aliphatic heterocycles. The van der Waals surface area contributed by atoms with Crippen molar-refractivity contribution >= 4 is 12.6 Å². The summed E-state index contributed by atoms with van der Waals surface area (Å²) in [6, 6.07) is 7.01. The van der Waals surface area contributed by atoms with Gasteiger partial charge in [-0.3, -0.25) is 4.79 Å². The highest BCUT2D eigenvalue weighted by Gasteiger charge is 2.51. The maximum Gasteiger partial charge on any atom is 0.511 e. The first-order valence-corrected chi connectivity index (χ1v) is 10.4. The van der Waals surface area contributed by atoms with Crippen molar-refractivity contribution in [1.29, 1.82) is 0 Å². The first kappa shape index (κ1) is 21.4. The third kappa shape index (κ3) is 4.66. The van der Waals surface area contributed by atoms with Gasteiger partial charge in [0.25, 0.3) is 6.47 Å². The number of rotatable bonds is 4. The molecule has 4 rings (SSSR count). The van der Waals surface area contributed by atoms with Crippen molar-refractivity contribution in [2.75, 3.05) is 13.3 Å². The fourth-order valence-electron chi connectivity index (χ4n) is 5.37. The number of carbonyl (C=O) groups excluding carboxylic acids is 1. The first-order valence-electron chi connectivity index (χ1n) is 10.4. The van der Waals surface area contributed by atoms with Gasteiger partial charge in [-0.2, -0.15) is 0 Å². The summed E-state index contributed by atoms with van der Waals surface area (Å²) >= 11 is 0. The van der Waals surface area contributed by atoms with E-state index in [1.165, 1.54) is 43.2 Å². The first-order chi connectivity index (χ1) is 14.0. The highest BCUT2D eigenvalue weighted by Crippen LogP contribution is 2.54. The molecule has 0 aromatic heterocycles. The number of benzene rings is 1. The predicted molar refractivity (Wildman–Crippen MR) is 107 cm³/mol. The maximum absolute atomic E-state index is 11.5. The molecule has 1 aromatic rings. The van der Waals surface area contributed by atoms with Gasteiger partial charge in [0.1, 0.15) is 5.75 Å². The van der Waals surface area contributed by atoms with Crippen LogP contribution in [-0.2, 0) is 26.1 Å². The lowest BCUT2D eigenvalue weighted by Crippen LogP contribution is -2.59. The molecule has 1 saturated heterocycles. The van der Waals surface area contributed by atoms with Crippen LogP contribution in [0, 0.1) is 5.92 Å². The van der Waals surface area contributed by atoms with E-state index < -0.39 is 6.16 Å². The Bertz CT molecular complexity index is 717. The summed E-state index contributed by atoms with van der Waals surface area (Å²) in [4.78, 5) is 19.8. The lowest BCUT2D eigenvalue weighted by Gasteiger charge is -2.56. The highest BCUT2D eigenvalue weighted by atomic mass is 16.8. The number of hydrogen-bond acceptors (Lipinski definition) is 6. The van der Waals surface area contributed by atoms with Crippen molar-refractivity contribution in [3.05, 3.63) is 29.3 Å². The van der Waals surface area contributed by atoms with Crippen LogP contribution in [0.1, 0.15) is 57.1 Å². The molecule has 7 nitrogen and oxygen atoms in total. The summed E-state index contributed by atoms with van der Waals surface area (Å²) in [5, 5.41) is 10.6. The lowest BCUT2D eigenvalue weighted by molar-refractivity contribution is -0.122. The molecule has 3 atom stereocenters. The minimum atomic E-state index is -0.690. The zero-order valence-corrected chi connectivity index (χ0v) is 17.2. The Hall–Kier alpha value is -2.28. The molecule has 0 radical (unpaired) electrons. The maximum atomic E-state index is 11.5. The van der Waals surface area contributed by atoms with Gasteiger partial charge in [-0.15, -0.1) is 0 Å². The van der Waals surface area contributed by atoms with E-state index in [0.717, 1.165) is 24.6 Å². The zero-order chi connectivity index (χ0) is 20.9. The molecule has 160 valence electrons. The van der Waals surface area contributed by atoms with Crippen LogP contribution in [0.15, 0.2) is 18.2 Å². The molecule has 0 spiro atoms. The third-order valence-electron chi connectivity index (χ3n) is 6.35. The van der Waals surface area contributed by atoms with E-state index in [-0.39, 0.29) is 19.4 Å². The van der Waals surface area contributed by atoms with Gasteiger partial charge >= 0.3 is 6.16 Å².